The van der Waals surface area contributed by atoms with Crippen LogP contribution in [0, 0.1) is 0 Å². The molecule has 47 heavy (non-hydrogen) atoms. The Morgan fingerprint density at radius 2 is 1.04 bits per heavy atom. The fourth-order valence-electron chi connectivity index (χ4n) is 6.74. The van der Waals surface area contributed by atoms with Gasteiger partial charge in [-0.3, -0.25) is 8.97 Å². The zero-order chi connectivity index (χ0) is 30.9. The van der Waals surface area contributed by atoms with Crippen LogP contribution < -0.4 is 0 Å². The molecule has 0 amide bonds. The van der Waals surface area contributed by atoms with Crippen molar-refractivity contribution in [2.24, 2.45) is 0 Å². The predicted molar refractivity (Wildman–Crippen MR) is 189 cm³/mol. The molecule has 0 atom stereocenters. The summed E-state index contributed by atoms with van der Waals surface area (Å²) in [6.45, 7) is 0. The van der Waals surface area contributed by atoms with E-state index in [0.717, 1.165) is 83.5 Å². The number of aromatic nitrogens is 5. The largest absolute Gasteiger partial charge is 0.456 e. The Bertz CT molecular complexity index is 2730. The SMILES string of the molecule is c1ccc(-c2cc(-c3ccccc3)nc(-c3ccc4oc5ccc(-n6c7ccccc7n7c8ccccc8nc67)cc5c4c3)n2)cc1. The van der Waals surface area contributed by atoms with E-state index < -0.39 is 0 Å². The van der Waals surface area contributed by atoms with Crippen LogP contribution in [0.5, 0.6) is 0 Å². The minimum Gasteiger partial charge on any atom is -0.456 e. The molecular formula is C41H25N5O. The second-order valence-corrected chi connectivity index (χ2v) is 11.7. The first-order valence-corrected chi connectivity index (χ1v) is 15.6. The van der Waals surface area contributed by atoms with Crippen molar-refractivity contribution in [2.45, 2.75) is 0 Å². The first kappa shape index (κ1) is 25.8. The lowest BCUT2D eigenvalue weighted by Crippen LogP contribution is -1.96. The standard InChI is InChI=1S/C41H25N5O/c1-3-11-26(12-4-1)33-25-34(27-13-5-2-6-14-27)43-40(42-33)28-19-21-38-30(23-28)31-24-29(20-22-39(31)47-38)45-36-17-9-10-18-37(36)46-35-16-8-7-15-32(35)44-41(45)46/h1-25H. The van der Waals surface area contributed by atoms with Gasteiger partial charge >= 0.3 is 0 Å². The summed E-state index contributed by atoms with van der Waals surface area (Å²) in [6, 6.07) is 51.9. The summed E-state index contributed by atoms with van der Waals surface area (Å²) in [7, 11) is 0. The Labute approximate surface area is 268 Å². The van der Waals surface area contributed by atoms with E-state index in [0.29, 0.717) is 5.82 Å². The van der Waals surface area contributed by atoms with Crippen LogP contribution in [0.4, 0.5) is 0 Å². The summed E-state index contributed by atoms with van der Waals surface area (Å²) in [4.78, 5) is 15.2. The first-order chi connectivity index (χ1) is 23.3. The zero-order valence-corrected chi connectivity index (χ0v) is 25.1. The summed E-state index contributed by atoms with van der Waals surface area (Å²) in [6.07, 6.45) is 0. The lowest BCUT2D eigenvalue weighted by molar-refractivity contribution is 0.669. The molecule has 0 unspecified atom stereocenters. The zero-order valence-electron chi connectivity index (χ0n) is 25.1. The molecule has 4 heterocycles. The molecule has 10 rings (SSSR count). The van der Waals surface area contributed by atoms with Crippen molar-refractivity contribution < 1.29 is 4.42 Å². The number of fused-ring (bicyclic) bond motifs is 8. The van der Waals surface area contributed by atoms with Gasteiger partial charge in [0.15, 0.2) is 5.82 Å². The Morgan fingerprint density at radius 1 is 0.447 bits per heavy atom. The van der Waals surface area contributed by atoms with E-state index in [9.17, 15) is 0 Å². The molecule has 220 valence electrons. The van der Waals surface area contributed by atoms with Crippen molar-refractivity contribution in [3.63, 3.8) is 0 Å². The molecular weight excluding hydrogens is 578 g/mol. The van der Waals surface area contributed by atoms with E-state index >= 15 is 0 Å². The molecule has 10 aromatic rings. The van der Waals surface area contributed by atoms with Crippen molar-refractivity contribution in [1.82, 2.24) is 23.9 Å². The number of imidazole rings is 2. The monoisotopic (exact) mass is 603 g/mol. The average molecular weight is 604 g/mol. The first-order valence-electron chi connectivity index (χ1n) is 15.6. The highest BCUT2D eigenvalue weighted by molar-refractivity contribution is 6.07. The molecule has 0 bridgehead atoms. The number of hydrogen-bond acceptors (Lipinski definition) is 4. The van der Waals surface area contributed by atoms with E-state index in [-0.39, 0.29) is 0 Å². The van der Waals surface area contributed by atoms with Gasteiger partial charge in [-0.1, -0.05) is 84.9 Å². The van der Waals surface area contributed by atoms with E-state index in [1.54, 1.807) is 0 Å². The van der Waals surface area contributed by atoms with Crippen molar-refractivity contribution in [3.05, 3.63) is 152 Å². The Kier molecular flexibility index (Phi) is 5.48. The van der Waals surface area contributed by atoms with Gasteiger partial charge in [-0.05, 0) is 66.7 Å². The lowest BCUT2D eigenvalue weighted by atomic mass is 10.1. The minimum absolute atomic E-state index is 0.666. The molecule has 0 saturated carbocycles. The third kappa shape index (κ3) is 4.02. The van der Waals surface area contributed by atoms with Gasteiger partial charge in [-0.2, -0.15) is 0 Å². The molecule has 6 nitrogen and oxygen atoms in total. The Morgan fingerprint density at radius 3 is 1.77 bits per heavy atom. The van der Waals surface area contributed by atoms with Gasteiger partial charge in [-0.25, -0.2) is 15.0 Å². The van der Waals surface area contributed by atoms with E-state index in [1.165, 1.54) is 0 Å². The number of nitrogens with zero attached hydrogens (tertiary/aromatic N) is 5. The molecule has 0 spiro atoms. The maximum Gasteiger partial charge on any atom is 0.220 e. The molecule has 0 saturated heterocycles. The van der Waals surface area contributed by atoms with E-state index in [1.807, 2.05) is 54.6 Å². The Hall–Kier alpha value is -6.53. The summed E-state index contributed by atoms with van der Waals surface area (Å²) in [5, 5.41) is 2.03. The highest BCUT2D eigenvalue weighted by Crippen LogP contribution is 2.36. The van der Waals surface area contributed by atoms with Crippen LogP contribution in [0.15, 0.2) is 156 Å². The summed E-state index contributed by atoms with van der Waals surface area (Å²) >= 11 is 0. The number of benzene rings is 6. The van der Waals surface area contributed by atoms with Crippen molar-refractivity contribution in [2.75, 3.05) is 0 Å². The summed E-state index contributed by atoms with van der Waals surface area (Å²) in [5.41, 5.74) is 11.7. The van der Waals surface area contributed by atoms with Crippen LogP contribution in [0.1, 0.15) is 0 Å². The van der Waals surface area contributed by atoms with Crippen LogP contribution in [0.2, 0.25) is 0 Å². The van der Waals surface area contributed by atoms with Gasteiger partial charge in [0.05, 0.1) is 39.1 Å². The van der Waals surface area contributed by atoms with Gasteiger partial charge in [0.1, 0.15) is 11.2 Å². The number of para-hydroxylation sites is 4. The molecule has 6 aromatic carbocycles. The van der Waals surface area contributed by atoms with Crippen molar-refractivity contribution in [3.8, 4) is 39.6 Å². The van der Waals surface area contributed by atoms with Gasteiger partial charge in [0, 0.05) is 27.5 Å². The second kappa shape index (κ2) is 9.99. The van der Waals surface area contributed by atoms with Gasteiger partial charge < -0.3 is 4.42 Å². The average Bonchev–Trinajstić information content (AvgIpc) is 3.80. The van der Waals surface area contributed by atoms with Crippen LogP contribution in [0.3, 0.4) is 0 Å². The molecule has 0 aliphatic rings. The van der Waals surface area contributed by atoms with Crippen molar-refractivity contribution >= 4 is 49.8 Å². The number of furan rings is 1. The fourth-order valence-corrected chi connectivity index (χ4v) is 6.74. The number of hydrogen-bond donors (Lipinski definition) is 0. The Balaban J connectivity index is 1.18. The lowest BCUT2D eigenvalue weighted by Gasteiger charge is -2.09. The molecule has 6 heteroatoms. The maximum atomic E-state index is 6.35. The summed E-state index contributed by atoms with van der Waals surface area (Å²) < 4.78 is 10.8. The van der Waals surface area contributed by atoms with Gasteiger partial charge in [0.2, 0.25) is 5.78 Å². The fraction of sp³-hybridized carbons (Fsp3) is 0. The van der Waals surface area contributed by atoms with Crippen LogP contribution in [0.25, 0.3) is 89.4 Å². The predicted octanol–water partition coefficient (Wildman–Crippen LogP) is 10.1. The topological polar surface area (TPSA) is 61.2 Å². The van der Waals surface area contributed by atoms with Crippen LogP contribution >= 0.6 is 0 Å². The molecule has 4 aromatic heterocycles. The van der Waals surface area contributed by atoms with Crippen molar-refractivity contribution in [1.29, 1.82) is 0 Å². The van der Waals surface area contributed by atoms with E-state index in [2.05, 4.69) is 106 Å². The maximum absolute atomic E-state index is 6.35. The van der Waals surface area contributed by atoms with E-state index in [4.69, 9.17) is 19.4 Å². The smallest absolute Gasteiger partial charge is 0.220 e. The van der Waals surface area contributed by atoms with Crippen LogP contribution in [-0.4, -0.2) is 23.9 Å². The molecule has 0 radical (unpaired) electrons. The molecule has 0 aliphatic heterocycles. The summed E-state index contributed by atoms with van der Waals surface area (Å²) in [5.74, 6) is 1.54. The highest BCUT2D eigenvalue weighted by Gasteiger charge is 2.19. The highest BCUT2D eigenvalue weighted by atomic mass is 16.3. The molecule has 0 fully saturated rings. The molecule has 0 aliphatic carbocycles. The minimum atomic E-state index is 0.666. The quantitative estimate of drug-likeness (QED) is 0.201. The van der Waals surface area contributed by atoms with Gasteiger partial charge in [-0.15, -0.1) is 0 Å². The second-order valence-electron chi connectivity index (χ2n) is 11.7. The number of rotatable bonds is 4. The molecule has 0 N–H and O–H groups in total. The van der Waals surface area contributed by atoms with Crippen LogP contribution in [-0.2, 0) is 0 Å². The third-order valence-corrected chi connectivity index (χ3v) is 8.94. The third-order valence-electron chi connectivity index (χ3n) is 8.94. The van der Waals surface area contributed by atoms with Gasteiger partial charge in [0.25, 0.3) is 0 Å². The normalized spacial score (nSPS) is 11.8.